The van der Waals surface area contributed by atoms with E-state index in [-0.39, 0.29) is 25.1 Å². The summed E-state index contributed by atoms with van der Waals surface area (Å²) in [5.41, 5.74) is 6.75. The minimum absolute atomic E-state index is 0.0219. The number of rotatable bonds is 14. The summed E-state index contributed by atoms with van der Waals surface area (Å²) in [6.45, 7) is 7.73. The average molecular weight is 442 g/mol. The van der Waals surface area contributed by atoms with Crippen molar-refractivity contribution in [2.45, 2.75) is 52.2 Å². The Labute approximate surface area is 186 Å². The molecule has 4 N–H and O–H groups in total. The highest BCUT2D eigenvalue weighted by Crippen LogP contribution is 2.06. The fourth-order valence-corrected chi connectivity index (χ4v) is 2.30. The summed E-state index contributed by atoms with van der Waals surface area (Å²) in [6, 6.07) is 9.56. The highest BCUT2D eigenvalue weighted by atomic mass is 32.1. The lowest BCUT2D eigenvalue weighted by Crippen LogP contribution is -2.42. The Morgan fingerprint density at radius 3 is 2.37 bits per heavy atom. The molecule has 0 aliphatic rings. The fourth-order valence-electron chi connectivity index (χ4n) is 2.17. The maximum atomic E-state index is 12.4. The molecule has 7 nitrogen and oxygen atoms in total. The molecule has 0 spiro atoms. The molecule has 1 rings (SSSR count). The normalized spacial score (nSPS) is 12.3. The number of nitrogens with one attached hydrogen (secondary N) is 2. The lowest BCUT2D eigenvalue weighted by Gasteiger charge is -2.18. The van der Waals surface area contributed by atoms with Gasteiger partial charge in [-0.3, -0.25) is 9.59 Å². The number of benzene rings is 1. The molecule has 0 saturated carbocycles. The molecule has 1 aromatic rings. The quantitative estimate of drug-likeness (QED) is 0.200. The van der Waals surface area contributed by atoms with E-state index in [2.05, 4.69) is 37.1 Å². The lowest BCUT2D eigenvalue weighted by atomic mass is 10.1. The van der Waals surface area contributed by atoms with Crippen LogP contribution in [-0.2, 0) is 25.5 Å². The maximum absolute atomic E-state index is 12.4. The van der Waals surface area contributed by atoms with Crippen molar-refractivity contribution in [2.75, 3.05) is 38.6 Å². The molecule has 0 radical (unpaired) electrons. The highest BCUT2D eigenvalue weighted by Gasteiger charge is 2.20. The molecule has 30 heavy (non-hydrogen) atoms. The first-order valence-electron chi connectivity index (χ1n) is 10.6. The molecule has 0 aliphatic carbocycles. The predicted octanol–water partition coefficient (Wildman–Crippen LogP) is 1.95. The van der Waals surface area contributed by atoms with Gasteiger partial charge in [-0.1, -0.05) is 57.0 Å². The van der Waals surface area contributed by atoms with Crippen molar-refractivity contribution >= 4 is 24.5 Å². The number of thiol groups is 1. The van der Waals surface area contributed by atoms with Gasteiger partial charge in [0.25, 0.3) is 0 Å². The van der Waals surface area contributed by atoms with Gasteiger partial charge in [-0.25, -0.2) is 0 Å². The van der Waals surface area contributed by atoms with Crippen molar-refractivity contribution in [1.29, 1.82) is 0 Å². The second-order valence-electron chi connectivity index (χ2n) is 6.72. The Morgan fingerprint density at radius 1 is 1.13 bits per heavy atom. The second kappa shape index (κ2) is 19.4. The van der Waals surface area contributed by atoms with Crippen LogP contribution in [-0.4, -0.2) is 62.6 Å². The molecule has 172 valence electrons. The van der Waals surface area contributed by atoms with Crippen LogP contribution in [0.25, 0.3) is 0 Å². The first-order valence-corrected chi connectivity index (χ1v) is 11.3. The molecule has 2 atom stereocenters. The first-order chi connectivity index (χ1) is 14.5. The SMILES string of the molecule is CCCC.CCOC(=O)CNC(=O)C(Cc1ccccc1)OCCNCC(N)CS. The van der Waals surface area contributed by atoms with Gasteiger partial charge in [0.2, 0.25) is 5.91 Å². The van der Waals surface area contributed by atoms with Crippen LogP contribution in [0.4, 0.5) is 0 Å². The predicted molar refractivity (Wildman–Crippen MR) is 125 cm³/mol. The molecule has 0 heterocycles. The summed E-state index contributed by atoms with van der Waals surface area (Å²) >= 11 is 4.12. The highest BCUT2D eigenvalue weighted by molar-refractivity contribution is 7.80. The van der Waals surface area contributed by atoms with Crippen LogP contribution < -0.4 is 16.4 Å². The fraction of sp³-hybridized carbons (Fsp3) is 0.636. The molecule has 1 aromatic carbocycles. The van der Waals surface area contributed by atoms with E-state index in [0.29, 0.717) is 31.9 Å². The number of amides is 1. The van der Waals surface area contributed by atoms with Gasteiger partial charge >= 0.3 is 5.97 Å². The van der Waals surface area contributed by atoms with Gasteiger partial charge < -0.3 is 25.8 Å². The first kappa shape index (κ1) is 28.4. The van der Waals surface area contributed by atoms with Gasteiger partial charge in [0, 0.05) is 31.3 Å². The van der Waals surface area contributed by atoms with Crippen LogP contribution in [0.3, 0.4) is 0 Å². The van der Waals surface area contributed by atoms with Gasteiger partial charge in [-0.15, -0.1) is 0 Å². The Kier molecular flexibility index (Phi) is 18.3. The van der Waals surface area contributed by atoms with Gasteiger partial charge in [-0.2, -0.15) is 12.6 Å². The Hall–Kier alpha value is -1.61. The number of hydrogen-bond donors (Lipinski definition) is 4. The number of hydrogen-bond acceptors (Lipinski definition) is 7. The minimum Gasteiger partial charge on any atom is -0.465 e. The van der Waals surface area contributed by atoms with Crippen molar-refractivity contribution in [3.8, 4) is 0 Å². The number of ether oxygens (including phenoxy) is 2. The zero-order valence-electron chi connectivity index (χ0n) is 18.6. The van der Waals surface area contributed by atoms with E-state index >= 15 is 0 Å². The smallest absolute Gasteiger partial charge is 0.325 e. The van der Waals surface area contributed by atoms with Crippen LogP contribution in [0.15, 0.2) is 30.3 Å². The monoisotopic (exact) mass is 441 g/mol. The van der Waals surface area contributed by atoms with E-state index in [9.17, 15) is 9.59 Å². The molecular weight excluding hydrogens is 402 g/mol. The molecule has 1 amide bonds. The third-order valence-electron chi connectivity index (χ3n) is 4.01. The molecule has 0 aliphatic heterocycles. The minimum atomic E-state index is -0.688. The van der Waals surface area contributed by atoms with Crippen LogP contribution in [0.5, 0.6) is 0 Å². The number of unbranched alkanes of at least 4 members (excludes halogenated alkanes) is 1. The molecule has 8 heteroatoms. The molecule has 0 aromatic heterocycles. The standard InChI is InChI=1S/C18H29N3O4S.C4H10/c1-2-24-17(22)12-21-18(23)16(10-14-6-4-3-5-7-14)25-9-8-20-11-15(19)13-26;1-3-4-2/h3-7,15-16,20,26H,2,8-13,19H2,1H3,(H,21,23);3-4H2,1-2H3. The third kappa shape index (κ3) is 15.3. The van der Waals surface area contributed by atoms with E-state index in [4.69, 9.17) is 15.2 Å². The van der Waals surface area contributed by atoms with Crippen molar-refractivity contribution < 1.29 is 19.1 Å². The Morgan fingerprint density at radius 2 is 1.80 bits per heavy atom. The van der Waals surface area contributed by atoms with Crippen molar-refractivity contribution in [3.63, 3.8) is 0 Å². The molecule has 0 fully saturated rings. The number of nitrogens with two attached hydrogens (primary N) is 1. The second-order valence-corrected chi connectivity index (χ2v) is 7.08. The molecule has 2 unspecified atom stereocenters. The van der Waals surface area contributed by atoms with Crippen LogP contribution in [0.1, 0.15) is 39.2 Å². The van der Waals surface area contributed by atoms with Crippen molar-refractivity contribution in [2.24, 2.45) is 5.73 Å². The Balaban J connectivity index is 0.00000192. The summed E-state index contributed by atoms with van der Waals surface area (Å²) in [7, 11) is 0. The summed E-state index contributed by atoms with van der Waals surface area (Å²) in [5.74, 6) is -0.212. The van der Waals surface area contributed by atoms with Crippen LogP contribution in [0, 0.1) is 0 Å². The summed E-state index contributed by atoms with van der Waals surface area (Å²) in [6.07, 6.45) is 2.37. The van der Waals surface area contributed by atoms with E-state index in [1.165, 1.54) is 12.8 Å². The van der Waals surface area contributed by atoms with Gasteiger partial charge in [0.15, 0.2) is 0 Å². The van der Waals surface area contributed by atoms with E-state index in [0.717, 1.165) is 5.56 Å². The summed E-state index contributed by atoms with van der Waals surface area (Å²) in [5, 5.41) is 5.72. The van der Waals surface area contributed by atoms with Gasteiger partial charge in [0.05, 0.1) is 13.2 Å². The summed E-state index contributed by atoms with van der Waals surface area (Å²) in [4.78, 5) is 23.8. The molecular formula is C22H39N3O4S. The zero-order valence-corrected chi connectivity index (χ0v) is 19.5. The molecule has 0 saturated heterocycles. The van der Waals surface area contributed by atoms with Crippen LogP contribution >= 0.6 is 12.6 Å². The van der Waals surface area contributed by atoms with Crippen LogP contribution in [0.2, 0.25) is 0 Å². The van der Waals surface area contributed by atoms with Crippen molar-refractivity contribution in [1.82, 2.24) is 10.6 Å². The maximum Gasteiger partial charge on any atom is 0.325 e. The van der Waals surface area contributed by atoms with Gasteiger partial charge in [0.1, 0.15) is 12.6 Å². The van der Waals surface area contributed by atoms with E-state index in [1.54, 1.807) is 6.92 Å². The third-order valence-corrected chi connectivity index (χ3v) is 4.48. The van der Waals surface area contributed by atoms with E-state index in [1.807, 2.05) is 30.3 Å². The van der Waals surface area contributed by atoms with Crippen molar-refractivity contribution in [3.05, 3.63) is 35.9 Å². The number of carbonyl (C=O) groups excluding carboxylic acids is 2. The Bertz CT molecular complexity index is 559. The number of carbonyl (C=O) groups is 2. The average Bonchev–Trinajstić information content (AvgIpc) is 2.77. The largest absolute Gasteiger partial charge is 0.465 e. The summed E-state index contributed by atoms with van der Waals surface area (Å²) < 4.78 is 10.5. The van der Waals surface area contributed by atoms with E-state index < -0.39 is 12.1 Å². The molecule has 0 bridgehead atoms. The number of esters is 1. The zero-order chi connectivity index (χ0) is 22.6. The lowest BCUT2D eigenvalue weighted by molar-refractivity contribution is -0.145. The topological polar surface area (TPSA) is 103 Å². The van der Waals surface area contributed by atoms with Gasteiger partial charge in [-0.05, 0) is 12.5 Å².